The molecule has 0 radical (unpaired) electrons. The Balaban J connectivity index is 0.000000696. The lowest BCUT2D eigenvalue weighted by atomic mass is 10.1. The monoisotopic (exact) mass is 476 g/mol. The van der Waals surface area contributed by atoms with E-state index in [2.05, 4.69) is 15.9 Å². The van der Waals surface area contributed by atoms with E-state index in [9.17, 15) is 0 Å². The van der Waals surface area contributed by atoms with E-state index in [1.54, 1.807) is 28.4 Å². The maximum absolute atomic E-state index is 8.88. The largest absolute Gasteiger partial charge is 0.496 e. The third kappa shape index (κ3) is 7.92. The molecule has 0 fully saturated rings. The van der Waals surface area contributed by atoms with Crippen molar-refractivity contribution in [3.8, 4) is 23.0 Å². The quantitative estimate of drug-likeness (QED) is 0.426. The van der Waals surface area contributed by atoms with Gasteiger partial charge in [0, 0.05) is 0 Å². The van der Waals surface area contributed by atoms with Crippen LogP contribution in [0.4, 0.5) is 0 Å². The first-order valence-corrected chi connectivity index (χ1v) is 10.1. The zero-order valence-electron chi connectivity index (χ0n) is 15.7. The molecule has 28 heavy (non-hydrogen) atoms. The second-order valence-electron chi connectivity index (χ2n) is 5.20. The molecule has 0 spiro atoms. The van der Waals surface area contributed by atoms with Crippen molar-refractivity contribution in [2.75, 3.05) is 28.4 Å². The van der Waals surface area contributed by atoms with Gasteiger partial charge in [-0.2, -0.15) is 0 Å². The highest BCUT2D eigenvalue weighted by Gasteiger charge is 2.12. The molecule has 10 heteroatoms. The highest BCUT2D eigenvalue weighted by Crippen LogP contribution is 2.38. The van der Waals surface area contributed by atoms with Crippen LogP contribution in [-0.2, 0) is 4.57 Å². The van der Waals surface area contributed by atoms with Crippen LogP contribution in [0.3, 0.4) is 0 Å². The van der Waals surface area contributed by atoms with E-state index in [-0.39, 0.29) is 0 Å². The molecule has 0 aromatic heterocycles. The third-order valence-electron chi connectivity index (χ3n) is 3.33. The molecule has 0 aliphatic carbocycles. The summed E-state index contributed by atoms with van der Waals surface area (Å²) in [5.74, 6) is 2.64. The molecule has 0 saturated carbocycles. The number of hydrogen-bond donors (Lipinski definition) is 3. The number of rotatable bonds is 6. The van der Waals surface area contributed by atoms with E-state index >= 15 is 0 Å². The van der Waals surface area contributed by atoms with Gasteiger partial charge in [-0.25, -0.2) is 4.57 Å². The van der Waals surface area contributed by atoms with Gasteiger partial charge in [0.25, 0.3) is 0 Å². The van der Waals surface area contributed by atoms with Crippen LogP contribution in [0.25, 0.3) is 12.2 Å². The standard InChI is InChI=1S/C18H19BrO4.H3O4P/c1-20-15-8-7-12(9-14(15)19)5-6-13-10-16(21-2)18(23-4)17(11-13)22-3;1-5(2,3)4/h5-11H,1-4H3;(H3,1,2,3,4)/b6-5-;. The minimum absolute atomic E-state index is 0.583. The summed E-state index contributed by atoms with van der Waals surface area (Å²) < 4.78 is 31.1. The van der Waals surface area contributed by atoms with Crippen LogP contribution in [0.15, 0.2) is 34.8 Å². The Hall–Kier alpha value is -2.03. The number of ether oxygens (including phenoxy) is 4. The first kappa shape index (κ1) is 24.0. The van der Waals surface area contributed by atoms with Crippen LogP contribution in [0.2, 0.25) is 0 Å². The van der Waals surface area contributed by atoms with E-state index < -0.39 is 7.82 Å². The molecule has 2 aromatic carbocycles. The normalized spacial score (nSPS) is 10.9. The number of halogens is 1. The molecular formula is C18H22BrO8P. The lowest BCUT2D eigenvalue weighted by molar-refractivity contribution is 0.275. The molecule has 0 aliphatic heterocycles. The van der Waals surface area contributed by atoms with Crippen LogP contribution < -0.4 is 18.9 Å². The predicted octanol–water partition coefficient (Wildman–Crippen LogP) is 3.73. The summed E-state index contributed by atoms with van der Waals surface area (Å²) in [6.45, 7) is 0. The van der Waals surface area contributed by atoms with E-state index in [4.69, 9.17) is 38.2 Å². The summed E-state index contributed by atoms with van der Waals surface area (Å²) in [6, 6.07) is 9.69. The molecule has 0 saturated heterocycles. The van der Waals surface area contributed by atoms with E-state index in [1.165, 1.54) is 0 Å². The molecule has 0 aliphatic rings. The smallest absolute Gasteiger partial charge is 0.466 e. The van der Waals surface area contributed by atoms with E-state index in [1.807, 2.05) is 42.5 Å². The minimum Gasteiger partial charge on any atom is -0.496 e. The highest BCUT2D eigenvalue weighted by molar-refractivity contribution is 9.10. The molecule has 2 rings (SSSR count). The average Bonchev–Trinajstić information content (AvgIpc) is 2.64. The van der Waals surface area contributed by atoms with Crippen molar-refractivity contribution in [1.29, 1.82) is 0 Å². The van der Waals surface area contributed by atoms with Crippen LogP contribution in [0.1, 0.15) is 11.1 Å². The topological polar surface area (TPSA) is 115 Å². The van der Waals surface area contributed by atoms with Gasteiger partial charge in [-0.05, 0) is 51.3 Å². The molecule has 8 nitrogen and oxygen atoms in total. The van der Waals surface area contributed by atoms with Crippen molar-refractivity contribution in [2.24, 2.45) is 0 Å². The molecule has 0 atom stereocenters. The Kier molecular flexibility index (Phi) is 9.51. The fourth-order valence-corrected chi connectivity index (χ4v) is 2.73. The van der Waals surface area contributed by atoms with Crippen molar-refractivity contribution < 1.29 is 38.2 Å². The Morgan fingerprint density at radius 1 is 0.786 bits per heavy atom. The Labute approximate surface area is 171 Å². The molecule has 0 amide bonds. The Morgan fingerprint density at radius 3 is 1.64 bits per heavy atom. The molecule has 2 aromatic rings. The summed E-state index contributed by atoms with van der Waals surface area (Å²) in [7, 11) is 1.80. The number of hydrogen-bond acceptors (Lipinski definition) is 5. The van der Waals surface area contributed by atoms with Crippen molar-refractivity contribution in [3.63, 3.8) is 0 Å². The summed E-state index contributed by atoms with van der Waals surface area (Å²) >= 11 is 3.48. The summed E-state index contributed by atoms with van der Waals surface area (Å²) in [4.78, 5) is 21.6. The minimum atomic E-state index is -4.64. The molecule has 0 unspecified atom stereocenters. The molecule has 154 valence electrons. The van der Waals surface area contributed by atoms with Gasteiger partial charge < -0.3 is 33.6 Å². The molecule has 0 bridgehead atoms. The van der Waals surface area contributed by atoms with Crippen molar-refractivity contribution in [3.05, 3.63) is 45.9 Å². The first-order chi connectivity index (χ1) is 13.1. The van der Waals surface area contributed by atoms with E-state index in [0.29, 0.717) is 17.2 Å². The zero-order valence-corrected chi connectivity index (χ0v) is 18.2. The second kappa shape index (κ2) is 11.1. The van der Waals surface area contributed by atoms with Gasteiger partial charge in [0.2, 0.25) is 5.75 Å². The Morgan fingerprint density at radius 2 is 1.25 bits per heavy atom. The van der Waals surface area contributed by atoms with Gasteiger partial charge in [-0.3, -0.25) is 0 Å². The molecular weight excluding hydrogens is 455 g/mol. The van der Waals surface area contributed by atoms with Gasteiger partial charge in [0.1, 0.15) is 5.75 Å². The summed E-state index contributed by atoms with van der Waals surface area (Å²) in [5, 5.41) is 0. The van der Waals surface area contributed by atoms with Gasteiger partial charge in [0.05, 0.1) is 32.9 Å². The third-order valence-corrected chi connectivity index (χ3v) is 3.95. The van der Waals surface area contributed by atoms with Crippen LogP contribution >= 0.6 is 23.8 Å². The van der Waals surface area contributed by atoms with Gasteiger partial charge in [-0.1, -0.05) is 18.2 Å². The van der Waals surface area contributed by atoms with Gasteiger partial charge in [0.15, 0.2) is 11.5 Å². The maximum atomic E-state index is 8.88. The highest BCUT2D eigenvalue weighted by atomic mass is 79.9. The molecule has 0 heterocycles. The second-order valence-corrected chi connectivity index (χ2v) is 7.08. The average molecular weight is 477 g/mol. The fourth-order valence-electron chi connectivity index (χ4n) is 2.18. The number of methoxy groups -OCH3 is 4. The van der Waals surface area contributed by atoms with Crippen molar-refractivity contribution in [2.45, 2.75) is 0 Å². The van der Waals surface area contributed by atoms with Crippen LogP contribution in [0, 0.1) is 0 Å². The van der Waals surface area contributed by atoms with Crippen molar-refractivity contribution >= 4 is 35.9 Å². The SMILES string of the molecule is COc1ccc(/C=C\c2cc(OC)c(OC)c(OC)c2)cc1Br.O=P(O)(O)O. The van der Waals surface area contributed by atoms with Crippen LogP contribution in [0.5, 0.6) is 23.0 Å². The lowest BCUT2D eigenvalue weighted by Crippen LogP contribution is -1.95. The maximum Gasteiger partial charge on any atom is 0.466 e. The first-order valence-electron chi connectivity index (χ1n) is 7.72. The van der Waals surface area contributed by atoms with Gasteiger partial charge >= 0.3 is 7.82 Å². The zero-order chi connectivity index (χ0) is 21.3. The lowest BCUT2D eigenvalue weighted by Gasteiger charge is -2.12. The van der Waals surface area contributed by atoms with Gasteiger partial charge in [-0.15, -0.1) is 0 Å². The summed E-state index contributed by atoms with van der Waals surface area (Å²) in [5.41, 5.74) is 2.00. The van der Waals surface area contributed by atoms with Crippen molar-refractivity contribution in [1.82, 2.24) is 0 Å². The predicted molar refractivity (Wildman–Crippen MR) is 110 cm³/mol. The summed E-state index contributed by atoms with van der Waals surface area (Å²) in [6.07, 6.45) is 3.99. The van der Waals surface area contributed by atoms with Crippen LogP contribution in [-0.4, -0.2) is 43.1 Å². The number of benzene rings is 2. The Bertz CT molecular complexity index is 829. The number of phosphoric acid groups is 1. The fraction of sp³-hybridized carbons (Fsp3) is 0.222. The van der Waals surface area contributed by atoms with E-state index in [0.717, 1.165) is 21.3 Å². The molecule has 3 N–H and O–H groups in total.